The lowest BCUT2D eigenvalue weighted by Crippen LogP contribution is -2.31. The SMILES string of the molecule is O=S(=O)(NC1CCCc2c1cnn2-c1ccccn1)c1ccccc1. The smallest absolute Gasteiger partial charge is 0.237 e. The van der Waals surface area contributed by atoms with Crippen molar-refractivity contribution in [3.8, 4) is 5.82 Å². The lowest BCUT2D eigenvalue weighted by atomic mass is 9.94. The maximum absolute atomic E-state index is 12.6. The number of hydrogen-bond donors (Lipinski definition) is 1. The van der Waals surface area contributed by atoms with Gasteiger partial charge in [0, 0.05) is 11.8 Å². The minimum absolute atomic E-state index is 0.272. The van der Waals surface area contributed by atoms with E-state index in [2.05, 4.69) is 14.8 Å². The normalized spacial score (nSPS) is 17.2. The molecule has 7 heteroatoms. The quantitative estimate of drug-likeness (QED) is 0.781. The molecule has 6 nitrogen and oxygen atoms in total. The second-order valence-corrected chi connectivity index (χ2v) is 7.74. The van der Waals surface area contributed by atoms with Crippen LogP contribution in [0.25, 0.3) is 5.82 Å². The highest BCUT2D eigenvalue weighted by atomic mass is 32.2. The van der Waals surface area contributed by atoms with Gasteiger partial charge in [-0.1, -0.05) is 24.3 Å². The Morgan fingerprint density at radius 3 is 2.64 bits per heavy atom. The number of nitrogens with one attached hydrogen (secondary N) is 1. The molecule has 0 saturated carbocycles. The average molecular weight is 354 g/mol. The third kappa shape index (κ3) is 3.08. The lowest BCUT2D eigenvalue weighted by Gasteiger charge is -2.24. The fourth-order valence-electron chi connectivity index (χ4n) is 3.21. The van der Waals surface area contributed by atoms with Crippen molar-refractivity contribution in [2.24, 2.45) is 0 Å². The van der Waals surface area contributed by atoms with Gasteiger partial charge in [0.05, 0.1) is 22.8 Å². The highest BCUT2D eigenvalue weighted by molar-refractivity contribution is 7.89. The summed E-state index contributed by atoms with van der Waals surface area (Å²) in [5, 5.41) is 4.44. The van der Waals surface area contributed by atoms with Crippen LogP contribution >= 0.6 is 0 Å². The minimum Gasteiger partial charge on any atom is -0.237 e. The van der Waals surface area contributed by atoms with Gasteiger partial charge >= 0.3 is 0 Å². The van der Waals surface area contributed by atoms with Gasteiger partial charge in [0.2, 0.25) is 10.0 Å². The molecule has 0 fully saturated rings. The standard InChI is InChI=1S/C18H18N4O2S/c23-25(24,14-7-2-1-3-8-14)21-16-9-6-10-17-15(16)13-20-22(17)18-11-4-5-12-19-18/h1-5,7-8,11-13,16,21H,6,9-10H2. The van der Waals surface area contributed by atoms with Crippen LogP contribution in [-0.2, 0) is 16.4 Å². The van der Waals surface area contributed by atoms with Crippen LogP contribution in [0.1, 0.15) is 30.1 Å². The average Bonchev–Trinajstić information content (AvgIpc) is 3.08. The van der Waals surface area contributed by atoms with Crippen LogP contribution in [0.2, 0.25) is 0 Å². The van der Waals surface area contributed by atoms with Crippen molar-refractivity contribution in [2.75, 3.05) is 0 Å². The van der Waals surface area contributed by atoms with E-state index in [1.807, 2.05) is 18.2 Å². The summed E-state index contributed by atoms with van der Waals surface area (Å²) >= 11 is 0. The number of nitrogens with zero attached hydrogens (tertiary/aromatic N) is 3. The van der Waals surface area contributed by atoms with Crippen molar-refractivity contribution in [2.45, 2.75) is 30.2 Å². The summed E-state index contributed by atoms with van der Waals surface area (Å²) in [6.45, 7) is 0. The van der Waals surface area contributed by atoms with Crippen LogP contribution in [0.3, 0.4) is 0 Å². The van der Waals surface area contributed by atoms with E-state index in [0.717, 1.165) is 36.3 Å². The van der Waals surface area contributed by atoms with Gasteiger partial charge in [-0.25, -0.2) is 22.8 Å². The zero-order valence-electron chi connectivity index (χ0n) is 13.5. The van der Waals surface area contributed by atoms with Gasteiger partial charge in [-0.05, 0) is 43.5 Å². The van der Waals surface area contributed by atoms with Crippen molar-refractivity contribution in [3.05, 3.63) is 72.2 Å². The van der Waals surface area contributed by atoms with Crippen LogP contribution in [0, 0.1) is 0 Å². The number of rotatable bonds is 4. The molecule has 0 spiro atoms. The second kappa shape index (κ2) is 6.42. The van der Waals surface area contributed by atoms with Crippen molar-refractivity contribution < 1.29 is 8.42 Å². The molecular formula is C18H18N4O2S. The van der Waals surface area contributed by atoms with Gasteiger partial charge < -0.3 is 0 Å². The molecule has 1 atom stereocenters. The summed E-state index contributed by atoms with van der Waals surface area (Å²) < 4.78 is 29.9. The Bertz CT molecular complexity index is 969. The number of pyridine rings is 1. The van der Waals surface area contributed by atoms with E-state index in [4.69, 9.17) is 0 Å². The Labute approximate surface area is 146 Å². The number of hydrogen-bond acceptors (Lipinski definition) is 4. The van der Waals surface area contributed by atoms with E-state index in [1.165, 1.54) is 0 Å². The molecule has 0 radical (unpaired) electrons. The number of benzene rings is 1. The van der Waals surface area contributed by atoms with E-state index < -0.39 is 10.0 Å². The highest BCUT2D eigenvalue weighted by Crippen LogP contribution is 2.31. The van der Waals surface area contributed by atoms with Gasteiger partial charge in [0.1, 0.15) is 0 Å². The van der Waals surface area contributed by atoms with Gasteiger partial charge in [-0.3, -0.25) is 0 Å². The predicted molar refractivity (Wildman–Crippen MR) is 93.8 cm³/mol. The molecule has 1 aliphatic carbocycles. The van der Waals surface area contributed by atoms with Crippen molar-refractivity contribution >= 4 is 10.0 Å². The van der Waals surface area contributed by atoms with Gasteiger partial charge in [0.25, 0.3) is 0 Å². The molecule has 1 unspecified atom stereocenters. The first-order valence-electron chi connectivity index (χ1n) is 8.21. The zero-order valence-corrected chi connectivity index (χ0v) is 14.4. The Kier molecular flexibility index (Phi) is 4.10. The fraction of sp³-hybridized carbons (Fsp3) is 0.222. The van der Waals surface area contributed by atoms with Crippen LogP contribution in [0.5, 0.6) is 0 Å². The molecule has 1 aromatic carbocycles. The molecule has 2 heterocycles. The predicted octanol–water partition coefficient (Wildman–Crippen LogP) is 2.62. The van der Waals surface area contributed by atoms with Crippen LogP contribution < -0.4 is 4.72 Å². The summed E-state index contributed by atoms with van der Waals surface area (Å²) in [5.41, 5.74) is 1.95. The minimum atomic E-state index is -3.56. The van der Waals surface area contributed by atoms with Gasteiger partial charge in [0.15, 0.2) is 5.82 Å². The summed E-state index contributed by atoms with van der Waals surface area (Å²) in [5.74, 6) is 0.746. The highest BCUT2D eigenvalue weighted by Gasteiger charge is 2.29. The number of sulfonamides is 1. The van der Waals surface area contributed by atoms with Crippen LogP contribution in [0.4, 0.5) is 0 Å². The third-order valence-corrected chi connectivity index (χ3v) is 5.89. The Hall–Kier alpha value is -2.51. The molecule has 0 amide bonds. The molecule has 0 bridgehead atoms. The molecule has 25 heavy (non-hydrogen) atoms. The molecule has 0 aliphatic heterocycles. The van der Waals surface area contributed by atoms with Crippen LogP contribution in [-0.4, -0.2) is 23.2 Å². The molecule has 1 aliphatic rings. The summed E-state index contributed by atoms with van der Waals surface area (Å²) in [7, 11) is -3.56. The monoisotopic (exact) mass is 354 g/mol. The molecule has 3 aromatic rings. The van der Waals surface area contributed by atoms with E-state index in [9.17, 15) is 8.42 Å². The largest absolute Gasteiger partial charge is 0.241 e. The van der Waals surface area contributed by atoms with Crippen molar-refractivity contribution in [3.63, 3.8) is 0 Å². The van der Waals surface area contributed by atoms with E-state index in [-0.39, 0.29) is 10.9 Å². The van der Waals surface area contributed by atoms with Crippen molar-refractivity contribution in [1.29, 1.82) is 0 Å². The van der Waals surface area contributed by atoms with Gasteiger partial charge in [-0.2, -0.15) is 5.10 Å². The first-order chi connectivity index (χ1) is 12.1. The fourth-order valence-corrected chi connectivity index (χ4v) is 4.48. The lowest BCUT2D eigenvalue weighted by molar-refractivity contribution is 0.501. The summed E-state index contributed by atoms with van der Waals surface area (Å²) in [4.78, 5) is 4.62. The van der Waals surface area contributed by atoms with Gasteiger partial charge in [-0.15, -0.1) is 0 Å². The summed E-state index contributed by atoms with van der Waals surface area (Å²) in [6.07, 6.45) is 5.99. The van der Waals surface area contributed by atoms with E-state index in [0.29, 0.717) is 0 Å². The van der Waals surface area contributed by atoms with E-state index >= 15 is 0 Å². The third-order valence-electron chi connectivity index (χ3n) is 4.40. The molecule has 2 aromatic heterocycles. The first-order valence-corrected chi connectivity index (χ1v) is 9.69. The van der Waals surface area contributed by atoms with E-state index in [1.54, 1.807) is 47.4 Å². The number of aromatic nitrogens is 3. The van der Waals surface area contributed by atoms with Crippen molar-refractivity contribution in [1.82, 2.24) is 19.5 Å². The Morgan fingerprint density at radius 2 is 1.88 bits per heavy atom. The summed E-state index contributed by atoms with van der Waals surface area (Å²) in [6, 6.07) is 13.8. The number of fused-ring (bicyclic) bond motifs is 1. The maximum Gasteiger partial charge on any atom is 0.241 e. The topological polar surface area (TPSA) is 76.9 Å². The second-order valence-electron chi connectivity index (χ2n) is 6.03. The molecule has 1 N–H and O–H groups in total. The first kappa shape index (κ1) is 16.0. The Morgan fingerprint density at radius 1 is 1.08 bits per heavy atom. The molecule has 0 saturated heterocycles. The molecule has 128 valence electrons. The van der Waals surface area contributed by atoms with Crippen LogP contribution in [0.15, 0.2) is 65.8 Å². The maximum atomic E-state index is 12.6. The molecule has 4 rings (SSSR count). The Balaban J connectivity index is 1.66. The molecular weight excluding hydrogens is 336 g/mol. The zero-order chi connectivity index (χ0) is 17.3.